The first kappa shape index (κ1) is 19.5. The van der Waals surface area contributed by atoms with Crippen molar-refractivity contribution in [2.75, 3.05) is 12.9 Å². The Morgan fingerprint density at radius 2 is 1.93 bits per heavy atom. The van der Waals surface area contributed by atoms with Gasteiger partial charge in [-0.15, -0.1) is 11.8 Å². The maximum atomic E-state index is 12.7. The molecule has 28 heavy (non-hydrogen) atoms. The zero-order valence-electron chi connectivity index (χ0n) is 16.2. The van der Waals surface area contributed by atoms with Gasteiger partial charge in [-0.3, -0.25) is 9.59 Å². The molecule has 1 N–H and O–H groups in total. The van der Waals surface area contributed by atoms with Crippen molar-refractivity contribution >= 4 is 23.5 Å². The van der Waals surface area contributed by atoms with Crippen LogP contribution in [0.2, 0.25) is 0 Å². The van der Waals surface area contributed by atoms with E-state index in [9.17, 15) is 14.7 Å². The van der Waals surface area contributed by atoms with Gasteiger partial charge in [0.25, 0.3) is 0 Å². The molecule has 150 valence electrons. The fraction of sp³-hybridized carbons (Fsp3) is 0.545. The fourth-order valence-electron chi connectivity index (χ4n) is 5.13. The maximum absolute atomic E-state index is 12.7. The smallest absolute Gasteiger partial charge is 0.310 e. The van der Waals surface area contributed by atoms with Crippen molar-refractivity contribution in [1.29, 1.82) is 0 Å². The number of esters is 1. The topological polar surface area (TPSA) is 72.8 Å². The second-order valence-corrected chi connectivity index (χ2v) is 9.24. The van der Waals surface area contributed by atoms with Crippen LogP contribution >= 0.6 is 11.8 Å². The third kappa shape index (κ3) is 3.26. The number of thioether (sulfide) groups is 1. The summed E-state index contributed by atoms with van der Waals surface area (Å²) in [4.78, 5) is 26.1. The van der Waals surface area contributed by atoms with Gasteiger partial charge < -0.3 is 14.6 Å². The van der Waals surface area contributed by atoms with E-state index in [2.05, 4.69) is 6.58 Å². The van der Waals surface area contributed by atoms with Crippen LogP contribution in [-0.4, -0.2) is 41.9 Å². The van der Waals surface area contributed by atoms with Crippen molar-refractivity contribution in [2.24, 2.45) is 29.6 Å². The number of Topliss-reactive ketones (excluding diaryl/α,β-unsaturated/α-hetero) is 1. The standard InChI is InChI=1S/C22H26O5S/c1-11-8-18(24)20-16(10-28-14-6-4-13(26-3)5-7-14)22(25)27-21(20)19-12(2)17(23)9-15(11)19/h4-7,12,15-16,18-21,24H,1,8-10H2,2-3H3/t12-,15+,16+,18+,19+,20-,21-/m1/s1. The summed E-state index contributed by atoms with van der Waals surface area (Å²) in [6.45, 7) is 6.07. The van der Waals surface area contributed by atoms with Gasteiger partial charge in [-0.1, -0.05) is 19.1 Å². The zero-order chi connectivity index (χ0) is 20.0. The minimum Gasteiger partial charge on any atom is -0.497 e. The summed E-state index contributed by atoms with van der Waals surface area (Å²) >= 11 is 1.58. The molecule has 7 atom stereocenters. The molecule has 1 aromatic rings. The van der Waals surface area contributed by atoms with Gasteiger partial charge in [-0.2, -0.15) is 0 Å². The summed E-state index contributed by atoms with van der Waals surface area (Å²) in [5.41, 5.74) is 0.919. The summed E-state index contributed by atoms with van der Waals surface area (Å²) in [6.07, 6.45) is -0.195. The maximum Gasteiger partial charge on any atom is 0.310 e. The molecule has 0 radical (unpaired) electrons. The van der Waals surface area contributed by atoms with Crippen LogP contribution in [0.3, 0.4) is 0 Å². The molecule has 2 saturated carbocycles. The first-order valence-corrected chi connectivity index (χ1v) is 10.7. The molecule has 4 rings (SSSR count). The van der Waals surface area contributed by atoms with Gasteiger partial charge in [0.2, 0.25) is 0 Å². The van der Waals surface area contributed by atoms with Crippen LogP contribution in [0.5, 0.6) is 5.75 Å². The second kappa shape index (κ2) is 7.56. The van der Waals surface area contributed by atoms with Crippen molar-refractivity contribution in [2.45, 2.75) is 36.9 Å². The van der Waals surface area contributed by atoms with E-state index in [-0.39, 0.29) is 41.3 Å². The van der Waals surface area contributed by atoms with E-state index in [0.717, 1.165) is 16.2 Å². The SMILES string of the molecule is C=C1C[C@H](O)[C@@H]2[C@H](OC(=O)[C@H]2CSc2ccc(OC)cc2)[C@H]2[C@H](C)C(=O)C[C@@H]12. The lowest BCUT2D eigenvalue weighted by molar-refractivity contribution is -0.146. The molecule has 0 unspecified atom stereocenters. The highest BCUT2D eigenvalue weighted by Crippen LogP contribution is 2.52. The Morgan fingerprint density at radius 3 is 2.61 bits per heavy atom. The highest BCUT2D eigenvalue weighted by Gasteiger charge is 2.58. The van der Waals surface area contributed by atoms with Crippen molar-refractivity contribution in [3.63, 3.8) is 0 Å². The number of hydrogen-bond acceptors (Lipinski definition) is 6. The van der Waals surface area contributed by atoms with Crippen LogP contribution in [0.25, 0.3) is 0 Å². The lowest BCUT2D eigenvalue weighted by Crippen LogP contribution is -2.38. The summed E-state index contributed by atoms with van der Waals surface area (Å²) in [6, 6.07) is 7.69. The Labute approximate surface area is 169 Å². The van der Waals surface area contributed by atoms with E-state index in [0.29, 0.717) is 18.6 Å². The average molecular weight is 403 g/mol. The van der Waals surface area contributed by atoms with Crippen LogP contribution in [0.4, 0.5) is 0 Å². The van der Waals surface area contributed by atoms with Gasteiger partial charge >= 0.3 is 5.97 Å². The van der Waals surface area contributed by atoms with Crippen LogP contribution in [0.1, 0.15) is 19.8 Å². The molecule has 0 bridgehead atoms. The van der Waals surface area contributed by atoms with Crippen LogP contribution < -0.4 is 4.74 Å². The average Bonchev–Trinajstić information content (AvgIpc) is 3.13. The van der Waals surface area contributed by atoms with Crippen molar-refractivity contribution < 1.29 is 24.2 Å². The number of rotatable bonds is 4. The van der Waals surface area contributed by atoms with Gasteiger partial charge in [0, 0.05) is 34.8 Å². The van der Waals surface area contributed by atoms with Crippen LogP contribution in [-0.2, 0) is 14.3 Å². The molecule has 2 aliphatic carbocycles. The normalized spacial score (nSPS) is 37.2. The number of methoxy groups -OCH3 is 1. The molecule has 1 saturated heterocycles. The number of hydrogen-bond donors (Lipinski definition) is 1. The van der Waals surface area contributed by atoms with Gasteiger partial charge in [-0.05, 0) is 36.6 Å². The molecule has 1 aliphatic heterocycles. The predicted molar refractivity (Wildman–Crippen MR) is 106 cm³/mol. The van der Waals surface area contributed by atoms with E-state index in [1.807, 2.05) is 31.2 Å². The Bertz CT molecular complexity index is 789. The molecule has 0 aromatic heterocycles. The Hall–Kier alpha value is -1.79. The van der Waals surface area contributed by atoms with Crippen LogP contribution in [0.15, 0.2) is 41.3 Å². The van der Waals surface area contributed by atoms with E-state index in [4.69, 9.17) is 9.47 Å². The number of ether oxygens (including phenoxy) is 2. The fourth-order valence-corrected chi connectivity index (χ4v) is 6.19. The van der Waals surface area contributed by atoms with Crippen molar-refractivity contribution in [1.82, 2.24) is 0 Å². The molecule has 3 aliphatic rings. The molecule has 0 amide bonds. The summed E-state index contributed by atoms with van der Waals surface area (Å²) in [5, 5.41) is 10.9. The molecular formula is C22H26O5S. The number of carbonyl (C=O) groups excluding carboxylic acids is 2. The number of carbonyl (C=O) groups is 2. The minimum atomic E-state index is -0.668. The quantitative estimate of drug-likeness (QED) is 0.474. The molecular weight excluding hydrogens is 376 g/mol. The highest BCUT2D eigenvalue weighted by atomic mass is 32.2. The third-order valence-electron chi connectivity index (χ3n) is 6.68. The summed E-state index contributed by atoms with van der Waals surface area (Å²) in [5.74, 6) is 0.366. The number of ketones is 1. The van der Waals surface area contributed by atoms with Crippen molar-refractivity contribution in [3.05, 3.63) is 36.4 Å². The Kier molecular flexibility index (Phi) is 5.27. The minimum absolute atomic E-state index is 0.00735. The highest BCUT2D eigenvalue weighted by molar-refractivity contribution is 7.99. The molecule has 1 aromatic carbocycles. The lowest BCUT2D eigenvalue weighted by atomic mass is 9.77. The van der Waals surface area contributed by atoms with E-state index >= 15 is 0 Å². The molecule has 6 heteroatoms. The summed E-state index contributed by atoms with van der Waals surface area (Å²) < 4.78 is 11.0. The molecule has 5 nitrogen and oxygen atoms in total. The zero-order valence-corrected chi connectivity index (χ0v) is 17.0. The largest absolute Gasteiger partial charge is 0.497 e. The lowest BCUT2D eigenvalue weighted by Gasteiger charge is -2.29. The Morgan fingerprint density at radius 1 is 1.21 bits per heavy atom. The molecule has 0 spiro atoms. The van der Waals surface area contributed by atoms with E-state index in [1.165, 1.54) is 0 Å². The molecule has 1 heterocycles. The third-order valence-corrected chi connectivity index (χ3v) is 7.81. The number of aliphatic hydroxyl groups is 1. The molecule has 3 fully saturated rings. The van der Waals surface area contributed by atoms with Crippen LogP contribution in [0, 0.1) is 29.6 Å². The monoisotopic (exact) mass is 402 g/mol. The second-order valence-electron chi connectivity index (χ2n) is 8.14. The van der Waals surface area contributed by atoms with E-state index < -0.39 is 12.2 Å². The number of aliphatic hydroxyl groups excluding tert-OH is 1. The first-order valence-electron chi connectivity index (χ1n) is 9.76. The van der Waals surface area contributed by atoms with Gasteiger partial charge in [0.05, 0.1) is 19.1 Å². The number of benzene rings is 1. The van der Waals surface area contributed by atoms with Gasteiger partial charge in [0.1, 0.15) is 17.6 Å². The van der Waals surface area contributed by atoms with Gasteiger partial charge in [-0.25, -0.2) is 0 Å². The van der Waals surface area contributed by atoms with E-state index in [1.54, 1.807) is 18.9 Å². The first-order chi connectivity index (χ1) is 13.4. The van der Waals surface area contributed by atoms with Crippen molar-refractivity contribution in [3.8, 4) is 5.75 Å². The van der Waals surface area contributed by atoms with Gasteiger partial charge in [0.15, 0.2) is 0 Å². The number of fused-ring (bicyclic) bond motifs is 3. The Balaban J connectivity index is 1.55. The predicted octanol–water partition coefficient (Wildman–Crippen LogP) is 3.11. The summed E-state index contributed by atoms with van der Waals surface area (Å²) in [7, 11) is 1.63.